The van der Waals surface area contributed by atoms with E-state index in [4.69, 9.17) is 9.72 Å². The Bertz CT molecular complexity index is 891. The van der Waals surface area contributed by atoms with Crippen LogP contribution in [0.1, 0.15) is 34.2 Å². The van der Waals surface area contributed by atoms with Crippen molar-refractivity contribution in [1.82, 2.24) is 9.88 Å². The highest BCUT2D eigenvalue weighted by atomic mass is 32.1. The number of hydrogen-bond acceptors (Lipinski definition) is 5. The van der Waals surface area contributed by atoms with Gasteiger partial charge in [0.25, 0.3) is 0 Å². The summed E-state index contributed by atoms with van der Waals surface area (Å²) >= 11 is 1.76. The zero-order valence-electron chi connectivity index (χ0n) is 14.3. The Labute approximate surface area is 155 Å². The number of hydrogen-bond donors (Lipinski definition) is 1. The third kappa shape index (κ3) is 3.43. The Kier molecular flexibility index (Phi) is 4.86. The number of benzene rings is 2. The number of ether oxygens (including phenoxy) is 1. The Hall–Kier alpha value is -2.44. The van der Waals surface area contributed by atoms with Crippen molar-refractivity contribution in [3.8, 4) is 5.75 Å². The van der Waals surface area contributed by atoms with Gasteiger partial charge in [0.05, 0.1) is 16.3 Å². The van der Waals surface area contributed by atoms with Crippen LogP contribution in [-0.2, 0) is 0 Å². The topological polar surface area (TPSA) is 62.7 Å². The summed E-state index contributed by atoms with van der Waals surface area (Å²) in [5.41, 5.74) is 1.27. The summed E-state index contributed by atoms with van der Waals surface area (Å²) < 4.78 is 6.99. The molecule has 3 aromatic rings. The average molecular weight is 368 g/mol. The van der Waals surface area contributed by atoms with Crippen LogP contribution in [-0.4, -0.2) is 40.7 Å². The van der Waals surface area contributed by atoms with Gasteiger partial charge in [-0.1, -0.05) is 24.3 Å². The van der Waals surface area contributed by atoms with Gasteiger partial charge in [-0.15, -0.1) is 11.3 Å². The number of thiazole rings is 1. The molecule has 2 heterocycles. The van der Waals surface area contributed by atoms with Crippen LogP contribution in [0.4, 0.5) is 0 Å². The number of carboxylic acids is 1. The molecule has 0 saturated carbocycles. The highest BCUT2D eigenvalue weighted by Crippen LogP contribution is 2.36. The standard InChI is InChI=1S/C20H20N2O3S/c23-20(24)14-6-1-3-9-17(14)25-13-12-22-11-5-8-16(22)19-21-15-7-2-4-10-18(15)26-19/h1-4,6-7,9-10,16H,5,8,11-13H2,(H,23,24). The second-order valence-corrected chi connectivity index (χ2v) is 7.43. The SMILES string of the molecule is O=C(O)c1ccccc1OCCN1CCCC1c1nc2ccccc2s1. The predicted molar refractivity (Wildman–Crippen MR) is 102 cm³/mol. The van der Waals surface area contributed by atoms with Crippen molar-refractivity contribution in [2.75, 3.05) is 19.7 Å². The molecule has 1 aliphatic rings. The highest BCUT2D eigenvalue weighted by Gasteiger charge is 2.28. The molecule has 1 saturated heterocycles. The number of carboxylic acid groups (broad SMARTS) is 1. The molecule has 0 aliphatic carbocycles. The van der Waals surface area contributed by atoms with Crippen molar-refractivity contribution in [3.05, 3.63) is 59.1 Å². The van der Waals surface area contributed by atoms with Gasteiger partial charge in [0.1, 0.15) is 22.9 Å². The van der Waals surface area contributed by atoms with Gasteiger partial charge in [-0.05, 0) is 43.7 Å². The van der Waals surface area contributed by atoms with Crippen LogP contribution in [0, 0.1) is 0 Å². The Morgan fingerprint density at radius 1 is 1.23 bits per heavy atom. The lowest BCUT2D eigenvalue weighted by Crippen LogP contribution is -2.28. The second kappa shape index (κ2) is 7.43. The first kappa shape index (κ1) is 17.0. The van der Waals surface area contributed by atoms with Crippen LogP contribution >= 0.6 is 11.3 Å². The minimum Gasteiger partial charge on any atom is -0.491 e. The van der Waals surface area contributed by atoms with Crippen molar-refractivity contribution in [2.45, 2.75) is 18.9 Å². The Balaban J connectivity index is 1.42. The van der Waals surface area contributed by atoms with E-state index in [-0.39, 0.29) is 5.56 Å². The molecule has 0 bridgehead atoms. The molecule has 1 aromatic heterocycles. The average Bonchev–Trinajstić information content (AvgIpc) is 3.28. The summed E-state index contributed by atoms with van der Waals surface area (Å²) in [6, 6.07) is 15.3. The maximum atomic E-state index is 11.3. The van der Waals surface area contributed by atoms with Gasteiger partial charge in [0.2, 0.25) is 0 Å². The fraction of sp³-hybridized carbons (Fsp3) is 0.300. The van der Waals surface area contributed by atoms with Crippen LogP contribution in [0.5, 0.6) is 5.75 Å². The molecule has 6 heteroatoms. The number of rotatable bonds is 6. The predicted octanol–water partition coefficient (Wildman–Crippen LogP) is 4.21. The number of carbonyl (C=O) groups is 1. The normalized spacial score (nSPS) is 17.6. The molecule has 5 nitrogen and oxygen atoms in total. The van der Waals surface area contributed by atoms with E-state index in [0.29, 0.717) is 18.4 Å². The van der Waals surface area contributed by atoms with Gasteiger partial charge >= 0.3 is 5.97 Å². The van der Waals surface area contributed by atoms with E-state index in [1.807, 2.05) is 12.1 Å². The van der Waals surface area contributed by atoms with E-state index in [1.54, 1.807) is 35.6 Å². The largest absolute Gasteiger partial charge is 0.491 e. The van der Waals surface area contributed by atoms with Crippen molar-refractivity contribution in [3.63, 3.8) is 0 Å². The van der Waals surface area contributed by atoms with Crippen LogP contribution in [0.2, 0.25) is 0 Å². The number of aromatic nitrogens is 1. The van der Waals surface area contributed by atoms with Crippen molar-refractivity contribution in [2.24, 2.45) is 0 Å². The lowest BCUT2D eigenvalue weighted by molar-refractivity contribution is 0.0691. The third-order valence-electron chi connectivity index (χ3n) is 4.71. The molecule has 1 aliphatic heterocycles. The molecule has 26 heavy (non-hydrogen) atoms. The second-order valence-electron chi connectivity index (χ2n) is 6.36. The fourth-order valence-corrected chi connectivity index (χ4v) is 4.59. The summed E-state index contributed by atoms with van der Waals surface area (Å²) in [4.78, 5) is 18.5. The minimum atomic E-state index is -0.964. The first-order chi connectivity index (χ1) is 12.7. The van der Waals surface area contributed by atoms with Gasteiger partial charge < -0.3 is 9.84 Å². The maximum absolute atomic E-state index is 11.3. The van der Waals surface area contributed by atoms with Crippen molar-refractivity contribution < 1.29 is 14.6 Å². The number of nitrogens with zero attached hydrogens (tertiary/aromatic N) is 2. The van der Waals surface area contributed by atoms with E-state index in [0.717, 1.165) is 36.5 Å². The van der Waals surface area contributed by atoms with Gasteiger partial charge in [-0.2, -0.15) is 0 Å². The third-order valence-corrected chi connectivity index (χ3v) is 5.85. The number of fused-ring (bicyclic) bond motifs is 1. The molecule has 1 atom stereocenters. The van der Waals surface area contributed by atoms with Crippen LogP contribution in [0.15, 0.2) is 48.5 Å². The highest BCUT2D eigenvalue weighted by molar-refractivity contribution is 7.18. The molecule has 1 fully saturated rings. The van der Waals surface area contributed by atoms with Gasteiger partial charge in [0, 0.05) is 6.54 Å². The maximum Gasteiger partial charge on any atom is 0.339 e. The summed E-state index contributed by atoms with van der Waals surface area (Å²) in [5.74, 6) is -0.537. The first-order valence-corrected chi connectivity index (χ1v) is 9.58. The number of aromatic carboxylic acids is 1. The molecule has 0 amide bonds. The minimum absolute atomic E-state index is 0.205. The van der Waals surface area contributed by atoms with Gasteiger partial charge in [-0.3, -0.25) is 4.90 Å². The quantitative estimate of drug-likeness (QED) is 0.706. The monoisotopic (exact) mass is 368 g/mol. The molecule has 4 rings (SSSR count). The molecule has 0 spiro atoms. The first-order valence-electron chi connectivity index (χ1n) is 8.77. The van der Waals surface area contributed by atoms with E-state index in [1.165, 1.54) is 4.70 Å². The summed E-state index contributed by atoms with van der Waals surface area (Å²) in [7, 11) is 0. The molecule has 134 valence electrons. The fourth-order valence-electron chi connectivity index (χ4n) is 3.45. The zero-order chi connectivity index (χ0) is 17.9. The van der Waals surface area contributed by atoms with E-state index >= 15 is 0 Å². The van der Waals surface area contributed by atoms with Gasteiger partial charge in [0.15, 0.2) is 0 Å². The smallest absolute Gasteiger partial charge is 0.339 e. The van der Waals surface area contributed by atoms with Crippen molar-refractivity contribution >= 4 is 27.5 Å². The molecule has 1 N–H and O–H groups in total. The van der Waals surface area contributed by atoms with Gasteiger partial charge in [-0.25, -0.2) is 9.78 Å². The Morgan fingerprint density at radius 2 is 2.04 bits per heavy atom. The summed E-state index contributed by atoms with van der Waals surface area (Å²) in [6.07, 6.45) is 2.25. The van der Waals surface area contributed by atoms with E-state index in [9.17, 15) is 9.90 Å². The van der Waals surface area contributed by atoms with Crippen LogP contribution in [0.25, 0.3) is 10.2 Å². The summed E-state index contributed by atoms with van der Waals surface area (Å²) in [6.45, 7) is 2.24. The molecule has 2 aromatic carbocycles. The Morgan fingerprint density at radius 3 is 2.88 bits per heavy atom. The van der Waals surface area contributed by atoms with Crippen molar-refractivity contribution in [1.29, 1.82) is 0 Å². The molecule has 0 radical (unpaired) electrons. The van der Waals surface area contributed by atoms with E-state index < -0.39 is 5.97 Å². The van der Waals surface area contributed by atoms with Crippen LogP contribution < -0.4 is 4.74 Å². The van der Waals surface area contributed by atoms with E-state index in [2.05, 4.69) is 17.0 Å². The summed E-state index contributed by atoms with van der Waals surface area (Å²) in [5, 5.41) is 10.4. The molecular formula is C20H20N2O3S. The number of para-hydroxylation sites is 2. The lowest BCUT2D eigenvalue weighted by atomic mass is 10.2. The van der Waals surface area contributed by atoms with Crippen LogP contribution in [0.3, 0.4) is 0 Å². The zero-order valence-corrected chi connectivity index (χ0v) is 15.1. The lowest BCUT2D eigenvalue weighted by Gasteiger charge is -2.22. The molecule has 1 unspecified atom stereocenters. The molecular weight excluding hydrogens is 348 g/mol. The number of likely N-dealkylation sites (tertiary alicyclic amines) is 1.